The fraction of sp³-hybridized carbons (Fsp3) is 0.192. The Bertz CT molecular complexity index is 1210. The number of aryl methyl sites for hydroxylation is 1. The number of halogens is 1. The number of nitrogens with one attached hydrogen (secondary N) is 1. The van der Waals surface area contributed by atoms with E-state index in [1.807, 2.05) is 19.1 Å². The van der Waals surface area contributed by atoms with E-state index >= 15 is 0 Å². The number of anilines is 2. The van der Waals surface area contributed by atoms with Gasteiger partial charge in [0.15, 0.2) is 5.11 Å². The van der Waals surface area contributed by atoms with Gasteiger partial charge in [-0.05, 0) is 61.6 Å². The SMILES string of the molecule is COc1ccc(NC(=O)CC2C(=O)N(c3ccc(C)cc3)C(=S)N2Cc2ccccc2F)cc1. The molecule has 3 aromatic rings. The van der Waals surface area contributed by atoms with Gasteiger partial charge < -0.3 is 15.0 Å². The molecule has 34 heavy (non-hydrogen) atoms. The van der Waals surface area contributed by atoms with Gasteiger partial charge in [-0.15, -0.1) is 0 Å². The molecule has 0 bridgehead atoms. The Hall–Kier alpha value is -3.78. The molecule has 0 spiro atoms. The summed E-state index contributed by atoms with van der Waals surface area (Å²) >= 11 is 5.65. The number of carbonyl (C=O) groups is 2. The number of ether oxygens (including phenoxy) is 1. The molecule has 1 aliphatic rings. The van der Waals surface area contributed by atoms with Crippen LogP contribution in [0.4, 0.5) is 15.8 Å². The van der Waals surface area contributed by atoms with Crippen LogP contribution in [-0.2, 0) is 16.1 Å². The zero-order valence-electron chi connectivity index (χ0n) is 18.8. The smallest absolute Gasteiger partial charge is 0.256 e. The minimum Gasteiger partial charge on any atom is -0.497 e. The molecular formula is C26H24FN3O3S. The second-order valence-electron chi connectivity index (χ2n) is 8.01. The average Bonchev–Trinajstić information content (AvgIpc) is 3.05. The maximum Gasteiger partial charge on any atom is 0.256 e. The molecule has 3 aromatic carbocycles. The predicted octanol–water partition coefficient (Wildman–Crippen LogP) is 4.67. The molecule has 1 N–H and O–H groups in total. The van der Waals surface area contributed by atoms with E-state index in [9.17, 15) is 14.0 Å². The summed E-state index contributed by atoms with van der Waals surface area (Å²) < 4.78 is 19.5. The maximum atomic E-state index is 14.4. The summed E-state index contributed by atoms with van der Waals surface area (Å²) in [5.41, 5.74) is 2.62. The van der Waals surface area contributed by atoms with Crippen molar-refractivity contribution in [1.82, 2.24) is 4.90 Å². The van der Waals surface area contributed by atoms with E-state index in [-0.39, 0.29) is 29.9 Å². The van der Waals surface area contributed by atoms with Crippen LogP contribution in [0.3, 0.4) is 0 Å². The van der Waals surface area contributed by atoms with E-state index in [4.69, 9.17) is 17.0 Å². The van der Waals surface area contributed by atoms with E-state index in [0.29, 0.717) is 22.7 Å². The number of amides is 2. The third-order valence-corrected chi connectivity index (χ3v) is 6.08. The van der Waals surface area contributed by atoms with Gasteiger partial charge >= 0.3 is 0 Å². The van der Waals surface area contributed by atoms with Gasteiger partial charge in [0.05, 0.1) is 19.2 Å². The van der Waals surface area contributed by atoms with E-state index < -0.39 is 11.9 Å². The normalized spacial score (nSPS) is 15.6. The molecule has 2 amide bonds. The molecule has 1 atom stereocenters. The lowest BCUT2D eigenvalue weighted by molar-refractivity contribution is -0.124. The highest BCUT2D eigenvalue weighted by molar-refractivity contribution is 7.80. The molecular weight excluding hydrogens is 453 g/mol. The summed E-state index contributed by atoms with van der Waals surface area (Å²) in [6.07, 6.45) is -0.137. The molecule has 0 aromatic heterocycles. The van der Waals surface area contributed by atoms with Gasteiger partial charge in [0.2, 0.25) is 5.91 Å². The summed E-state index contributed by atoms with van der Waals surface area (Å²) in [7, 11) is 1.56. The van der Waals surface area contributed by atoms with E-state index in [0.717, 1.165) is 5.56 Å². The number of thiocarbonyl (C=S) groups is 1. The van der Waals surface area contributed by atoms with Crippen LogP contribution in [0.25, 0.3) is 0 Å². The number of hydrogen-bond donors (Lipinski definition) is 1. The summed E-state index contributed by atoms with van der Waals surface area (Å²) in [6.45, 7) is 2.02. The van der Waals surface area contributed by atoms with Crippen LogP contribution >= 0.6 is 12.2 Å². The molecule has 4 rings (SSSR count). The van der Waals surface area contributed by atoms with Crippen molar-refractivity contribution in [2.75, 3.05) is 17.3 Å². The highest BCUT2D eigenvalue weighted by Crippen LogP contribution is 2.29. The molecule has 0 saturated carbocycles. The molecule has 1 aliphatic heterocycles. The van der Waals surface area contributed by atoms with Crippen LogP contribution in [0.1, 0.15) is 17.5 Å². The van der Waals surface area contributed by atoms with Crippen LogP contribution in [0.15, 0.2) is 72.8 Å². The topological polar surface area (TPSA) is 61.9 Å². The third-order valence-electron chi connectivity index (χ3n) is 5.66. The van der Waals surface area contributed by atoms with Gasteiger partial charge in [-0.1, -0.05) is 35.9 Å². The summed E-state index contributed by atoms with van der Waals surface area (Å²) in [5.74, 6) is -0.405. The number of rotatable bonds is 7. The van der Waals surface area contributed by atoms with Crippen LogP contribution in [0.5, 0.6) is 5.75 Å². The van der Waals surface area contributed by atoms with Crippen molar-refractivity contribution in [2.45, 2.75) is 25.9 Å². The quantitative estimate of drug-likeness (QED) is 0.501. The first-order valence-corrected chi connectivity index (χ1v) is 11.2. The fourth-order valence-corrected chi connectivity index (χ4v) is 4.20. The number of carbonyl (C=O) groups excluding carboxylic acids is 2. The number of hydrogen-bond acceptors (Lipinski definition) is 4. The standard InChI is InChI=1S/C26H24FN3O3S/c1-17-7-11-20(12-8-17)30-25(32)23(15-24(31)28-19-9-13-21(33-2)14-10-19)29(26(30)34)16-18-5-3-4-6-22(18)27/h3-14,23H,15-16H2,1-2H3,(H,28,31). The van der Waals surface area contributed by atoms with Crippen LogP contribution in [-0.4, -0.2) is 35.0 Å². The van der Waals surface area contributed by atoms with E-state index in [1.165, 1.54) is 11.0 Å². The van der Waals surface area contributed by atoms with Gasteiger partial charge in [0, 0.05) is 17.8 Å². The van der Waals surface area contributed by atoms with Crippen molar-refractivity contribution >= 4 is 40.5 Å². The first kappa shape index (κ1) is 23.4. The second-order valence-corrected chi connectivity index (χ2v) is 8.37. The van der Waals surface area contributed by atoms with Gasteiger partial charge in [-0.25, -0.2) is 4.39 Å². The summed E-state index contributed by atoms with van der Waals surface area (Å²) in [6, 6.07) is 19.7. The Morgan fingerprint density at radius 1 is 1.06 bits per heavy atom. The number of benzene rings is 3. The van der Waals surface area contributed by atoms with Crippen molar-refractivity contribution < 1.29 is 18.7 Å². The lowest BCUT2D eigenvalue weighted by Crippen LogP contribution is -2.37. The highest BCUT2D eigenvalue weighted by atomic mass is 32.1. The van der Waals surface area contributed by atoms with Crippen molar-refractivity contribution in [3.8, 4) is 5.75 Å². The molecule has 0 radical (unpaired) electrons. The largest absolute Gasteiger partial charge is 0.497 e. The van der Waals surface area contributed by atoms with Gasteiger partial charge in [0.25, 0.3) is 5.91 Å². The van der Waals surface area contributed by atoms with Crippen LogP contribution in [0.2, 0.25) is 0 Å². The Labute approximate surface area is 202 Å². The number of nitrogens with zero attached hydrogens (tertiary/aromatic N) is 2. The molecule has 1 saturated heterocycles. The van der Waals surface area contributed by atoms with E-state index in [1.54, 1.807) is 66.6 Å². The monoisotopic (exact) mass is 477 g/mol. The van der Waals surface area contributed by atoms with Crippen LogP contribution < -0.4 is 15.0 Å². The Kier molecular flexibility index (Phi) is 6.88. The Balaban J connectivity index is 1.59. The van der Waals surface area contributed by atoms with Gasteiger partial charge in [-0.3, -0.25) is 14.5 Å². The lowest BCUT2D eigenvalue weighted by Gasteiger charge is -2.24. The molecule has 1 unspecified atom stereocenters. The minimum atomic E-state index is -0.869. The zero-order valence-corrected chi connectivity index (χ0v) is 19.6. The fourth-order valence-electron chi connectivity index (χ4n) is 3.82. The van der Waals surface area contributed by atoms with Crippen molar-refractivity contribution in [3.05, 3.63) is 89.7 Å². The summed E-state index contributed by atoms with van der Waals surface area (Å²) in [4.78, 5) is 29.4. The maximum absolute atomic E-state index is 14.4. The average molecular weight is 478 g/mol. The van der Waals surface area contributed by atoms with Gasteiger partial charge in [0.1, 0.15) is 17.6 Å². The van der Waals surface area contributed by atoms with Crippen molar-refractivity contribution in [2.24, 2.45) is 0 Å². The molecule has 6 nitrogen and oxygen atoms in total. The lowest BCUT2D eigenvalue weighted by atomic mass is 10.1. The van der Waals surface area contributed by atoms with Gasteiger partial charge in [-0.2, -0.15) is 0 Å². The van der Waals surface area contributed by atoms with E-state index in [2.05, 4.69) is 5.32 Å². The van der Waals surface area contributed by atoms with Crippen LogP contribution in [0, 0.1) is 12.7 Å². The molecule has 1 heterocycles. The first-order chi connectivity index (χ1) is 16.4. The number of methoxy groups -OCH3 is 1. The highest BCUT2D eigenvalue weighted by Gasteiger charge is 2.44. The first-order valence-electron chi connectivity index (χ1n) is 10.8. The zero-order chi connectivity index (χ0) is 24.2. The van der Waals surface area contributed by atoms with Crippen molar-refractivity contribution in [3.63, 3.8) is 0 Å². The second kappa shape index (κ2) is 10.0. The van der Waals surface area contributed by atoms with Crippen molar-refractivity contribution in [1.29, 1.82) is 0 Å². The molecule has 0 aliphatic carbocycles. The molecule has 174 valence electrons. The summed E-state index contributed by atoms with van der Waals surface area (Å²) in [5, 5.41) is 3.04. The molecule has 1 fully saturated rings. The minimum absolute atomic E-state index is 0.0695. The molecule has 8 heteroatoms. The Morgan fingerprint density at radius 3 is 2.38 bits per heavy atom. The third kappa shape index (κ3) is 4.92. The predicted molar refractivity (Wildman–Crippen MR) is 133 cm³/mol. The Morgan fingerprint density at radius 2 is 1.74 bits per heavy atom.